The maximum atomic E-state index is 12.4. The lowest BCUT2D eigenvalue weighted by molar-refractivity contribution is -0.129. The number of aromatic nitrogens is 3. The van der Waals surface area contributed by atoms with E-state index in [0.717, 1.165) is 22.2 Å². The van der Waals surface area contributed by atoms with E-state index in [1.165, 1.54) is 11.7 Å². The van der Waals surface area contributed by atoms with Gasteiger partial charge in [0.1, 0.15) is 11.0 Å². The van der Waals surface area contributed by atoms with Crippen LogP contribution in [0.4, 0.5) is 0 Å². The molecule has 1 N–H and O–H groups in total. The smallest absolute Gasteiger partial charge is 0.225 e. The van der Waals surface area contributed by atoms with Crippen LogP contribution in [0.1, 0.15) is 17.5 Å². The molecule has 26 heavy (non-hydrogen) atoms. The molecule has 0 aliphatic carbocycles. The summed E-state index contributed by atoms with van der Waals surface area (Å²) >= 11 is 1.17. The van der Waals surface area contributed by atoms with E-state index in [0.29, 0.717) is 19.6 Å². The number of amides is 2. The number of carbonyl (C=O) groups excluding carboxylic acids is 2. The first-order chi connectivity index (χ1) is 12.7. The number of pyridine rings is 1. The predicted molar refractivity (Wildman–Crippen MR) is 97.0 cm³/mol. The van der Waals surface area contributed by atoms with Gasteiger partial charge in [0.05, 0.1) is 17.6 Å². The first kappa shape index (κ1) is 16.6. The molecule has 1 aliphatic heterocycles. The third-order valence-electron chi connectivity index (χ3n) is 4.47. The molecular formula is C18H17N5O2S. The minimum Gasteiger partial charge on any atom is -0.352 e. The zero-order valence-electron chi connectivity index (χ0n) is 14.0. The van der Waals surface area contributed by atoms with Crippen molar-refractivity contribution in [1.82, 2.24) is 23.9 Å². The summed E-state index contributed by atoms with van der Waals surface area (Å²) in [5, 5.41) is 2.93. The number of fused-ring (bicyclic) bond motifs is 1. The van der Waals surface area contributed by atoms with E-state index in [9.17, 15) is 9.59 Å². The largest absolute Gasteiger partial charge is 0.352 e. The van der Waals surface area contributed by atoms with E-state index in [1.54, 1.807) is 17.3 Å². The molecule has 8 heteroatoms. The number of nitrogens with one attached hydrogen (secondary N) is 1. The molecule has 0 spiro atoms. The lowest BCUT2D eigenvalue weighted by atomic mass is 10.1. The Labute approximate surface area is 154 Å². The van der Waals surface area contributed by atoms with Crippen molar-refractivity contribution in [3.63, 3.8) is 0 Å². The molecule has 0 bridgehead atoms. The number of hydrogen-bond acceptors (Lipinski definition) is 6. The van der Waals surface area contributed by atoms with Crippen LogP contribution in [0.3, 0.4) is 0 Å². The van der Waals surface area contributed by atoms with Gasteiger partial charge < -0.3 is 10.2 Å². The molecule has 1 saturated heterocycles. The third kappa shape index (κ3) is 3.55. The minimum absolute atomic E-state index is 0.00368. The maximum Gasteiger partial charge on any atom is 0.225 e. The highest BCUT2D eigenvalue weighted by molar-refractivity contribution is 7.00. The summed E-state index contributed by atoms with van der Waals surface area (Å²) < 4.78 is 8.37. The van der Waals surface area contributed by atoms with E-state index < -0.39 is 0 Å². The molecule has 7 nitrogen and oxygen atoms in total. The average Bonchev–Trinajstić information content (AvgIpc) is 3.27. The highest BCUT2D eigenvalue weighted by atomic mass is 32.1. The fraction of sp³-hybridized carbons (Fsp3) is 0.278. The standard InChI is InChI=1S/C18H17N5O2S/c24-17-7-14(11-23(17)10-13-2-1-5-19-8-13)18(25)20-9-12-3-4-15-16(6-12)22-26-21-15/h1-6,8,14H,7,9-11H2,(H,20,25)/t14-/m1/s1. The van der Waals surface area contributed by atoms with E-state index in [4.69, 9.17) is 0 Å². The summed E-state index contributed by atoms with van der Waals surface area (Å²) in [5.41, 5.74) is 3.63. The molecule has 0 radical (unpaired) electrons. The number of carbonyl (C=O) groups is 2. The van der Waals surface area contributed by atoms with Crippen LogP contribution in [-0.4, -0.2) is 37.0 Å². The Morgan fingerprint density at radius 1 is 1.23 bits per heavy atom. The molecular weight excluding hydrogens is 350 g/mol. The van der Waals surface area contributed by atoms with E-state index >= 15 is 0 Å². The van der Waals surface area contributed by atoms with Crippen molar-refractivity contribution in [2.75, 3.05) is 6.54 Å². The van der Waals surface area contributed by atoms with Crippen LogP contribution < -0.4 is 5.32 Å². The third-order valence-corrected chi connectivity index (χ3v) is 5.02. The van der Waals surface area contributed by atoms with Crippen molar-refractivity contribution in [1.29, 1.82) is 0 Å². The fourth-order valence-corrected chi connectivity index (χ4v) is 3.60. The summed E-state index contributed by atoms with van der Waals surface area (Å²) in [6, 6.07) is 9.52. The highest BCUT2D eigenvalue weighted by Gasteiger charge is 2.34. The van der Waals surface area contributed by atoms with Crippen LogP contribution in [0.15, 0.2) is 42.7 Å². The van der Waals surface area contributed by atoms with Crippen LogP contribution in [0.25, 0.3) is 11.0 Å². The molecule has 2 aromatic heterocycles. The zero-order valence-corrected chi connectivity index (χ0v) is 14.8. The van der Waals surface area contributed by atoms with Crippen LogP contribution in [0.2, 0.25) is 0 Å². The molecule has 1 aliphatic rings. The van der Waals surface area contributed by atoms with Crippen molar-refractivity contribution < 1.29 is 9.59 Å². The summed E-state index contributed by atoms with van der Waals surface area (Å²) in [4.78, 5) is 30.4. The molecule has 1 atom stereocenters. The topological polar surface area (TPSA) is 88.1 Å². The Morgan fingerprint density at radius 2 is 2.12 bits per heavy atom. The first-order valence-corrected chi connectivity index (χ1v) is 9.07. The fourth-order valence-electron chi connectivity index (χ4n) is 3.08. The second-order valence-corrected chi connectivity index (χ2v) is 6.87. The molecule has 132 valence electrons. The molecule has 0 saturated carbocycles. The molecule has 1 fully saturated rings. The number of hydrogen-bond donors (Lipinski definition) is 1. The Bertz CT molecular complexity index is 943. The van der Waals surface area contributed by atoms with Gasteiger partial charge in [-0.1, -0.05) is 12.1 Å². The highest BCUT2D eigenvalue weighted by Crippen LogP contribution is 2.20. The summed E-state index contributed by atoms with van der Waals surface area (Å²) in [7, 11) is 0. The molecule has 2 amide bonds. The maximum absolute atomic E-state index is 12.4. The molecule has 3 aromatic rings. The van der Waals surface area contributed by atoms with Crippen molar-refractivity contribution >= 4 is 34.6 Å². The van der Waals surface area contributed by atoms with E-state index in [1.807, 2.05) is 30.3 Å². The second kappa shape index (κ2) is 7.17. The van der Waals surface area contributed by atoms with Crippen LogP contribution >= 0.6 is 11.7 Å². The van der Waals surface area contributed by atoms with Crippen molar-refractivity contribution in [3.05, 3.63) is 53.9 Å². The zero-order chi connectivity index (χ0) is 17.9. The van der Waals surface area contributed by atoms with Gasteiger partial charge in [-0.25, -0.2) is 0 Å². The number of likely N-dealkylation sites (tertiary alicyclic amines) is 1. The molecule has 0 unspecified atom stereocenters. The SMILES string of the molecule is O=C(NCc1ccc2nsnc2c1)[C@@H]1CC(=O)N(Cc2cccnc2)C1. The average molecular weight is 367 g/mol. The van der Waals surface area contributed by atoms with E-state index in [2.05, 4.69) is 19.0 Å². The van der Waals surface area contributed by atoms with Gasteiger partial charge in [-0.15, -0.1) is 0 Å². The van der Waals surface area contributed by atoms with Crippen LogP contribution in [0.5, 0.6) is 0 Å². The van der Waals surface area contributed by atoms with Gasteiger partial charge in [0.2, 0.25) is 11.8 Å². The van der Waals surface area contributed by atoms with Gasteiger partial charge >= 0.3 is 0 Å². The number of benzene rings is 1. The normalized spacial score (nSPS) is 17.0. The monoisotopic (exact) mass is 367 g/mol. The first-order valence-electron chi connectivity index (χ1n) is 8.34. The lowest BCUT2D eigenvalue weighted by Crippen LogP contribution is -2.32. The summed E-state index contributed by atoms with van der Waals surface area (Å²) in [5.74, 6) is -0.406. The Balaban J connectivity index is 1.34. The van der Waals surface area contributed by atoms with Gasteiger partial charge in [0.15, 0.2) is 0 Å². The van der Waals surface area contributed by atoms with Gasteiger partial charge in [-0.05, 0) is 29.3 Å². The lowest BCUT2D eigenvalue weighted by Gasteiger charge is -2.16. The van der Waals surface area contributed by atoms with Crippen molar-refractivity contribution in [2.45, 2.75) is 19.5 Å². The summed E-state index contributed by atoms with van der Waals surface area (Å²) in [6.07, 6.45) is 3.69. The minimum atomic E-state index is -0.316. The Hall–Kier alpha value is -2.87. The van der Waals surface area contributed by atoms with Crippen LogP contribution in [0, 0.1) is 5.92 Å². The van der Waals surface area contributed by atoms with Crippen molar-refractivity contribution in [2.24, 2.45) is 5.92 Å². The van der Waals surface area contributed by atoms with E-state index in [-0.39, 0.29) is 24.2 Å². The molecule has 4 rings (SSSR count). The molecule has 1 aromatic carbocycles. The quantitative estimate of drug-likeness (QED) is 0.742. The number of rotatable bonds is 5. The Kier molecular flexibility index (Phi) is 4.57. The van der Waals surface area contributed by atoms with Gasteiger partial charge in [-0.3, -0.25) is 14.6 Å². The molecule has 3 heterocycles. The van der Waals surface area contributed by atoms with Gasteiger partial charge in [0, 0.05) is 38.4 Å². The van der Waals surface area contributed by atoms with Gasteiger partial charge in [0.25, 0.3) is 0 Å². The van der Waals surface area contributed by atoms with Gasteiger partial charge in [-0.2, -0.15) is 8.75 Å². The predicted octanol–water partition coefficient (Wildman–Crippen LogP) is 1.75. The van der Waals surface area contributed by atoms with Crippen molar-refractivity contribution in [3.8, 4) is 0 Å². The van der Waals surface area contributed by atoms with Crippen LogP contribution in [-0.2, 0) is 22.7 Å². The Morgan fingerprint density at radius 3 is 2.96 bits per heavy atom. The second-order valence-electron chi connectivity index (χ2n) is 6.34. The number of nitrogens with zero attached hydrogens (tertiary/aromatic N) is 4. The summed E-state index contributed by atoms with van der Waals surface area (Å²) in [6.45, 7) is 1.35.